The fourth-order valence-corrected chi connectivity index (χ4v) is 5.64. The van der Waals surface area contributed by atoms with Crippen molar-refractivity contribution in [3.8, 4) is 5.69 Å². The van der Waals surface area contributed by atoms with E-state index in [0.717, 1.165) is 23.3 Å². The molecule has 3 aromatic heterocycles. The molecule has 0 atom stereocenters. The Morgan fingerprint density at radius 2 is 1.81 bits per heavy atom. The number of hydrogen-bond acceptors (Lipinski definition) is 6. The van der Waals surface area contributed by atoms with E-state index in [1.165, 1.54) is 0 Å². The van der Waals surface area contributed by atoms with Gasteiger partial charge in [0.15, 0.2) is 5.69 Å². The van der Waals surface area contributed by atoms with Gasteiger partial charge in [-0.3, -0.25) is 13.9 Å². The van der Waals surface area contributed by atoms with Gasteiger partial charge in [-0.05, 0) is 61.9 Å². The van der Waals surface area contributed by atoms with Gasteiger partial charge in [-0.15, -0.1) is 0 Å². The van der Waals surface area contributed by atoms with Gasteiger partial charge in [0, 0.05) is 32.4 Å². The molecule has 0 spiro atoms. The molecule has 13 heteroatoms. The summed E-state index contributed by atoms with van der Waals surface area (Å²) in [5, 5.41) is 11.8. The van der Waals surface area contributed by atoms with E-state index in [1.807, 2.05) is 42.3 Å². The van der Waals surface area contributed by atoms with Gasteiger partial charge in [-0.25, -0.2) is 14.8 Å². The lowest BCUT2D eigenvalue weighted by molar-refractivity contribution is -0.141. The third-order valence-corrected chi connectivity index (χ3v) is 7.85. The first-order chi connectivity index (χ1) is 20.1. The number of nitrogens with zero attached hydrogens (tertiary/aromatic N) is 5. The maximum atomic E-state index is 13.7. The number of rotatable bonds is 8. The van der Waals surface area contributed by atoms with Gasteiger partial charge >= 0.3 is 11.9 Å². The number of pyridine rings is 2. The molecular weight excluding hydrogens is 573 g/mol. The summed E-state index contributed by atoms with van der Waals surface area (Å²) in [5.74, 6) is -0.0433. The summed E-state index contributed by atoms with van der Waals surface area (Å²) in [5.41, 5.74) is 0.0917. The highest BCUT2D eigenvalue weighted by Gasteiger charge is 2.38. The number of carbonyl (C=O) groups excluding carboxylic acids is 1. The number of aliphatic hydroxyl groups is 1. The standard InChI is InChI=1S/C29H30ClF3N6O3/c1-37(12-13-40)25-11-10-21(16-34-25)39-24-5-3-2-4-23(24)38(28(39)42)17-18-6-8-20(9-7-18)36-27(41)22-14-19(30)15-35-26(22)29(31,32)33/h2-5,10-11,14-16,18,20,40H,6-9,12-13,17H2,1H3,(H,36,41)/t18-,20-. The number of hydrogen-bond donors (Lipinski definition) is 2. The van der Waals surface area contributed by atoms with E-state index in [0.29, 0.717) is 50.3 Å². The van der Waals surface area contributed by atoms with Crippen LogP contribution < -0.4 is 15.9 Å². The van der Waals surface area contributed by atoms with E-state index in [2.05, 4.69) is 15.3 Å². The summed E-state index contributed by atoms with van der Waals surface area (Å²) in [6.45, 7) is 0.900. The number of amides is 1. The Morgan fingerprint density at radius 3 is 2.45 bits per heavy atom. The van der Waals surface area contributed by atoms with Gasteiger partial charge in [-0.1, -0.05) is 23.7 Å². The normalized spacial score (nSPS) is 17.4. The van der Waals surface area contributed by atoms with E-state index in [4.69, 9.17) is 11.6 Å². The summed E-state index contributed by atoms with van der Waals surface area (Å²) in [6.07, 6.45) is 0.214. The third-order valence-electron chi connectivity index (χ3n) is 7.64. The SMILES string of the molecule is CN(CCO)c1ccc(-n2c(=O)n(C[C@H]3CC[C@H](NC(=O)c4cc(Cl)cnc4C(F)(F)F)CC3)c3ccccc32)cn1. The quantitative estimate of drug-likeness (QED) is 0.304. The first kappa shape index (κ1) is 29.6. The zero-order valence-corrected chi connectivity index (χ0v) is 23.6. The summed E-state index contributed by atoms with van der Waals surface area (Å²) >= 11 is 5.82. The second-order valence-electron chi connectivity index (χ2n) is 10.5. The van der Waals surface area contributed by atoms with E-state index in [1.54, 1.807) is 21.4 Å². The zero-order chi connectivity index (χ0) is 30.0. The van der Waals surface area contributed by atoms with Gasteiger partial charge in [0.1, 0.15) is 5.82 Å². The third kappa shape index (κ3) is 6.14. The van der Waals surface area contributed by atoms with Gasteiger partial charge in [-0.2, -0.15) is 13.2 Å². The van der Waals surface area contributed by atoms with Crippen molar-refractivity contribution in [2.45, 2.75) is 44.4 Å². The number of anilines is 1. The van der Waals surface area contributed by atoms with Crippen LogP contribution in [0.15, 0.2) is 59.7 Å². The molecule has 1 aliphatic rings. The summed E-state index contributed by atoms with van der Waals surface area (Å²) < 4.78 is 43.5. The zero-order valence-electron chi connectivity index (χ0n) is 22.8. The predicted octanol–water partition coefficient (Wildman–Crippen LogP) is 4.67. The Balaban J connectivity index is 1.29. The number of alkyl halides is 3. The van der Waals surface area contributed by atoms with Gasteiger partial charge in [0.25, 0.3) is 5.91 Å². The average molecular weight is 603 g/mol. The summed E-state index contributed by atoms with van der Waals surface area (Å²) in [7, 11) is 1.82. The lowest BCUT2D eigenvalue weighted by Crippen LogP contribution is -2.39. The Kier molecular flexibility index (Phi) is 8.55. The van der Waals surface area contributed by atoms with E-state index in [-0.39, 0.29) is 29.3 Å². The minimum absolute atomic E-state index is 0.000468. The highest BCUT2D eigenvalue weighted by molar-refractivity contribution is 6.30. The van der Waals surface area contributed by atoms with Crippen molar-refractivity contribution in [1.82, 2.24) is 24.4 Å². The fraction of sp³-hybridized carbons (Fsp3) is 0.379. The van der Waals surface area contributed by atoms with Gasteiger partial charge in [0.05, 0.1) is 40.1 Å². The number of fused-ring (bicyclic) bond motifs is 1. The topological polar surface area (TPSA) is 105 Å². The van der Waals surface area contributed by atoms with Crippen LogP contribution in [0.1, 0.15) is 41.7 Å². The van der Waals surface area contributed by atoms with E-state index in [9.17, 15) is 27.9 Å². The summed E-state index contributed by atoms with van der Waals surface area (Å²) in [4.78, 5) is 36.0. The van der Waals surface area contributed by atoms with Crippen LogP contribution in [-0.2, 0) is 12.7 Å². The lowest BCUT2D eigenvalue weighted by Gasteiger charge is -2.29. The minimum atomic E-state index is -4.78. The Morgan fingerprint density at radius 1 is 1.10 bits per heavy atom. The highest BCUT2D eigenvalue weighted by Crippen LogP contribution is 2.32. The van der Waals surface area contributed by atoms with Crippen molar-refractivity contribution in [1.29, 1.82) is 0 Å². The number of halogens is 4. The van der Waals surface area contributed by atoms with Gasteiger partial charge in [0.2, 0.25) is 0 Å². The molecule has 1 aliphatic carbocycles. The van der Waals surface area contributed by atoms with Crippen LogP contribution >= 0.6 is 11.6 Å². The second kappa shape index (κ2) is 12.1. The molecule has 9 nitrogen and oxygen atoms in total. The monoisotopic (exact) mass is 602 g/mol. The number of para-hydroxylation sites is 2. The first-order valence-electron chi connectivity index (χ1n) is 13.6. The van der Waals surface area contributed by atoms with Gasteiger partial charge < -0.3 is 15.3 Å². The molecule has 0 bridgehead atoms. The van der Waals surface area contributed by atoms with Crippen molar-refractivity contribution in [3.63, 3.8) is 0 Å². The maximum absolute atomic E-state index is 13.7. The molecule has 4 aromatic rings. The van der Waals surface area contributed by atoms with Crippen molar-refractivity contribution < 1.29 is 23.1 Å². The number of likely N-dealkylation sites (N-methyl/N-ethyl adjacent to an activating group) is 1. The number of benzene rings is 1. The van der Waals surface area contributed by atoms with Crippen LogP contribution in [0.2, 0.25) is 5.02 Å². The molecule has 42 heavy (non-hydrogen) atoms. The Hall–Kier alpha value is -3.90. The van der Waals surface area contributed by atoms with E-state index < -0.39 is 23.3 Å². The molecule has 1 saturated carbocycles. The molecule has 222 valence electrons. The number of imidazole rings is 1. The largest absolute Gasteiger partial charge is 0.434 e. The molecule has 1 aromatic carbocycles. The molecule has 0 aliphatic heterocycles. The lowest BCUT2D eigenvalue weighted by atomic mass is 9.85. The van der Waals surface area contributed by atoms with Crippen molar-refractivity contribution in [3.05, 3.63) is 81.6 Å². The molecule has 1 amide bonds. The second-order valence-corrected chi connectivity index (χ2v) is 10.9. The molecule has 2 N–H and O–H groups in total. The maximum Gasteiger partial charge on any atom is 0.434 e. The van der Waals surface area contributed by atoms with Crippen LogP contribution in [0.3, 0.4) is 0 Å². The number of aliphatic hydroxyl groups excluding tert-OH is 1. The van der Waals surface area contributed by atoms with Crippen LogP contribution in [0.25, 0.3) is 16.7 Å². The van der Waals surface area contributed by atoms with Crippen LogP contribution in [0.4, 0.5) is 19.0 Å². The molecular formula is C29H30ClF3N6O3. The van der Waals surface area contributed by atoms with Crippen LogP contribution in [0, 0.1) is 5.92 Å². The molecule has 0 saturated heterocycles. The Labute approximate surface area is 244 Å². The minimum Gasteiger partial charge on any atom is -0.395 e. The first-order valence-corrected chi connectivity index (χ1v) is 14.0. The average Bonchev–Trinajstić information content (AvgIpc) is 3.24. The molecule has 0 unspecified atom stereocenters. The fourth-order valence-electron chi connectivity index (χ4n) is 5.48. The highest BCUT2D eigenvalue weighted by atomic mass is 35.5. The van der Waals surface area contributed by atoms with Crippen molar-refractivity contribution in [2.24, 2.45) is 5.92 Å². The van der Waals surface area contributed by atoms with Crippen LogP contribution in [-0.4, -0.2) is 56.4 Å². The van der Waals surface area contributed by atoms with Crippen molar-refractivity contribution >= 4 is 34.4 Å². The number of aromatic nitrogens is 4. The molecule has 5 rings (SSSR count). The van der Waals surface area contributed by atoms with Crippen LogP contribution in [0.5, 0.6) is 0 Å². The molecule has 1 fully saturated rings. The summed E-state index contributed by atoms with van der Waals surface area (Å²) in [6, 6.07) is 11.8. The number of carbonyl (C=O) groups is 1. The number of nitrogens with one attached hydrogen (secondary N) is 1. The molecule has 0 radical (unpaired) electrons. The van der Waals surface area contributed by atoms with E-state index >= 15 is 0 Å². The Bertz CT molecular complexity index is 1630. The van der Waals surface area contributed by atoms with Crippen molar-refractivity contribution in [2.75, 3.05) is 25.1 Å². The molecule has 3 heterocycles. The smallest absolute Gasteiger partial charge is 0.395 e. The predicted molar refractivity (Wildman–Crippen MR) is 153 cm³/mol.